The molecule has 102 valence electrons. The van der Waals surface area contributed by atoms with Gasteiger partial charge in [0.2, 0.25) is 0 Å². The van der Waals surface area contributed by atoms with Crippen LogP contribution in [0.2, 0.25) is 0 Å². The van der Waals surface area contributed by atoms with Crippen molar-refractivity contribution in [3.63, 3.8) is 0 Å². The van der Waals surface area contributed by atoms with Crippen molar-refractivity contribution in [1.82, 2.24) is 0 Å². The van der Waals surface area contributed by atoms with Gasteiger partial charge in [-0.25, -0.2) is 4.39 Å². The zero-order valence-corrected chi connectivity index (χ0v) is 11.4. The molecule has 0 aliphatic carbocycles. The highest BCUT2D eigenvalue weighted by Gasteiger charge is 2.09. The molecular formula is C16H15FN2O. The van der Waals surface area contributed by atoms with Crippen molar-refractivity contribution < 1.29 is 9.13 Å². The number of rotatable bonds is 4. The number of nitrogens with zero attached hydrogens (tertiary/aromatic N) is 1. The highest BCUT2D eigenvalue weighted by molar-refractivity contribution is 5.50. The molecule has 3 nitrogen and oxygen atoms in total. The summed E-state index contributed by atoms with van der Waals surface area (Å²) in [5.74, 6) is -0.156. The van der Waals surface area contributed by atoms with Gasteiger partial charge in [0.1, 0.15) is 0 Å². The number of benzene rings is 2. The second kappa shape index (κ2) is 6.07. The fraction of sp³-hybridized carbons (Fsp3) is 0.188. The molecule has 20 heavy (non-hydrogen) atoms. The number of methoxy groups -OCH3 is 1. The molecule has 0 aliphatic rings. The molecule has 1 atom stereocenters. The van der Waals surface area contributed by atoms with Gasteiger partial charge in [-0.05, 0) is 42.8 Å². The molecule has 2 aromatic rings. The predicted molar refractivity (Wildman–Crippen MR) is 76.1 cm³/mol. The molecule has 0 saturated heterocycles. The average Bonchev–Trinajstić information content (AvgIpc) is 2.47. The molecule has 0 radical (unpaired) electrons. The van der Waals surface area contributed by atoms with Gasteiger partial charge >= 0.3 is 0 Å². The number of ether oxygens (including phenoxy) is 1. The molecule has 0 heterocycles. The minimum atomic E-state index is -0.380. The van der Waals surface area contributed by atoms with E-state index in [9.17, 15) is 4.39 Å². The summed E-state index contributed by atoms with van der Waals surface area (Å²) in [6, 6.07) is 14.1. The lowest BCUT2D eigenvalue weighted by Gasteiger charge is -2.16. The molecule has 0 spiro atoms. The monoisotopic (exact) mass is 270 g/mol. The minimum absolute atomic E-state index is 0.0292. The van der Waals surface area contributed by atoms with Crippen molar-refractivity contribution >= 4 is 5.69 Å². The summed E-state index contributed by atoms with van der Waals surface area (Å²) in [6.45, 7) is 1.96. The Bertz CT molecular complexity index is 649. The number of nitriles is 1. The Labute approximate surface area is 117 Å². The normalized spacial score (nSPS) is 11.5. The van der Waals surface area contributed by atoms with Gasteiger partial charge < -0.3 is 10.1 Å². The fourth-order valence-electron chi connectivity index (χ4n) is 1.96. The minimum Gasteiger partial charge on any atom is -0.494 e. The summed E-state index contributed by atoms with van der Waals surface area (Å²) in [5, 5.41) is 12.2. The van der Waals surface area contributed by atoms with E-state index in [1.807, 2.05) is 19.1 Å². The Morgan fingerprint density at radius 2 is 2.05 bits per heavy atom. The second-order valence-corrected chi connectivity index (χ2v) is 4.45. The highest BCUT2D eigenvalue weighted by atomic mass is 19.1. The van der Waals surface area contributed by atoms with Crippen LogP contribution in [0.5, 0.6) is 5.75 Å². The van der Waals surface area contributed by atoms with E-state index in [0.717, 1.165) is 11.3 Å². The first-order valence-corrected chi connectivity index (χ1v) is 6.24. The molecule has 0 aromatic heterocycles. The van der Waals surface area contributed by atoms with Crippen molar-refractivity contribution in [2.75, 3.05) is 12.4 Å². The molecule has 2 aromatic carbocycles. The van der Waals surface area contributed by atoms with E-state index in [2.05, 4.69) is 11.4 Å². The van der Waals surface area contributed by atoms with Gasteiger partial charge in [-0.2, -0.15) is 5.26 Å². The van der Waals surface area contributed by atoms with Crippen molar-refractivity contribution in [2.24, 2.45) is 0 Å². The van der Waals surface area contributed by atoms with E-state index < -0.39 is 0 Å². The SMILES string of the molecule is COc1cc(C(C)Nc2cccc(C#N)c2)ccc1F. The van der Waals surface area contributed by atoms with Crippen LogP contribution < -0.4 is 10.1 Å². The number of anilines is 1. The third kappa shape index (κ3) is 3.07. The van der Waals surface area contributed by atoms with Crippen LogP contribution in [-0.2, 0) is 0 Å². The van der Waals surface area contributed by atoms with Gasteiger partial charge in [0.05, 0.1) is 18.7 Å². The zero-order chi connectivity index (χ0) is 14.5. The van der Waals surface area contributed by atoms with Crippen LogP contribution in [0, 0.1) is 17.1 Å². The van der Waals surface area contributed by atoms with Crippen LogP contribution in [0.1, 0.15) is 24.1 Å². The van der Waals surface area contributed by atoms with Crippen molar-refractivity contribution in [3.05, 3.63) is 59.4 Å². The van der Waals surface area contributed by atoms with Crippen molar-refractivity contribution in [2.45, 2.75) is 13.0 Å². The standard InChI is InChI=1S/C16H15FN2O/c1-11(13-6-7-15(17)16(9-13)20-2)19-14-5-3-4-12(8-14)10-18/h3-9,11,19H,1-2H3. The maximum absolute atomic E-state index is 13.4. The third-order valence-corrected chi connectivity index (χ3v) is 3.05. The summed E-state index contributed by atoms with van der Waals surface area (Å²) >= 11 is 0. The van der Waals surface area contributed by atoms with Crippen molar-refractivity contribution in [1.29, 1.82) is 5.26 Å². The van der Waals surface area contributed by atoms with Crippen LogP contribution in [0.3, 0.4) is 0 Å². The molecule has 0 fully saturated rings. The lowest BCUT2D eigenvalue weighted by molar-refractivity contribution is 0.385. The van der Waals surface area contributed by atoms with Crippen LogP contribution in [0.15, 0.2) is 42.5 Å². The molecule has 0 aliphatic heterocycles. The topological polar surface area (TPSA) is 45.0 Å². The molecule has 0 bridgehead atoms. The highest BCUT2D eigenvalue weighted by Crippen LogP contribution is 2.25. The first-order chi connectivity index (χ1) is 9.63. The van der Waals surface area contributed by atoms with E-state index in [4.69, 9.17) is 10.00 Å². The van der Waals surface area contributed by atoms with Gasteiger partial charge in [0, 0.05) is 11.7 Å². The van der Waals surface area contributed by atoms with Gasteiger partial charge in [-0.3, -0.25) is 0 Å². The van der Waals surface area contributed by atoms with E-state index in [0.29, 0.717) is 5.56 Å². The van der Waals surface area contributed by atoms with Crippen LogP contribution >= 0.6 is 0 Å². The number of halogens is 1. The maximum Gasteiger partial charge on any atom is 0.165 e. The molecule has 0 saturated carbocycles. The van der Waals surface area contributed by atoms with E-state index in [1.54, 1.807) is 24.3 Å². The first-order valence-electron chi connectivity index (χ1n) is 6.24. The van der Waals surface area contributed by atoms with Gasteiger partial charge in [0.15, 0.2) is 11.6 Å². The number of hydrogen-bond donors (Lipinski definition) is 1. The van der Waals surface area contributed by atoms with E-state index in [1.165, 1.54) is 13.2 Å². The fourth-order valence-corrected chi connectivity index (χ4v) is 1.96. The summed E-state index contributed by atoms with van der Waals surface area (Å²) in [6.07, 6.45) is 0. The van der Waals surface area contributed by atoms with Gasteiger partial charge in [-0.15, -0.1) is 0 Å². The van der Waals surface area contributed by atoms with Crippen molar-refractivity contribution in [3.8, 4) is 11.8 Å². The number of hydrogen-bond acceptors (Lipinski definition) is 3. The summed E-state index contributed by atoms with van der Waals surface area (Å²) < 4.78 is 18.4. The Balaban J connectivity index is 2.19. The summed E-state index contributed by atoms with van der Waals surface area (Å²) in [5.41, 5.74) is 2.35. The summed E-state index contributed by atoms with van der Waals surface area (Å²) in [4.78, 5) is 0. The summed E-state index contributed by atoms with van der Waals surface area (Å²) in [7, 11) is 1.44. The third-order valence-electron chi connectivity index (χ3n) is 3.05. The molecule has 4 heteroatoms. The molecule has 0 amide bonds. The lowest BCUT2D eigenvalue weighted by atomic mass is 10.1. The van der Waals surface area contributed by atoms with E-state index in [-0.39, 0.29) is 17.6 Å². The smallest absolute Gasteiger partial charge is 0.165 e. The van der Waals surface area contributed by atoms with Crippen LogP contribution in [-0.4, -0.2) is 7.11 Å². The lowest BCUT2D eigenvalue weighted by Crippen LogP contribution is -2.07. The Morgan fingerprint density at radius 1 is 1.25 bits per heavy atom. The molecular weight excluding hydrogens is 255 g/mol. The largest absolute Gasteiger partial charge is 0.494 e. The molecule has 1 unspecified atom stereocenters. The molecule has 2 rings (SSSR count). The van der Waals surface area contributed by atoms with E-state index >= 15 is 0 Å². The predicted octanol–water partition coefficient (Wildman–Crippen LogP) is 3.88. The van der Waals surface area contributed by atoms with Crippen LogP contribution in [0.4, 0.5) is 10.1 Å². The van der Waals surface area contributed by atoms with Gasteiger partial charge in [0.25, 0.3) is 0 Å². The quantitative estimate of drug-likeness (QED) is 0.917. The second-order valence-electron chi connectivity index (χ2n) is 4.45. The first kappa shape index (κ1) is 13.9. The van der Waals surface area contributed by atoms with Gasteiger partial charge in [-0.1, -0.05) is 12.1 Å². The Hall–Kier alpha value is -2.54. The zero-order valence-electron chi connectivity index (χ0n) is 11.4. The Kier molecular flexibility index (Phi) is 4.21. The average molecular weight is 270 g/mol. The van der Waals surface area contributed by atoms with Crippen LogP contribution in [0.25, 0.3) is 0 Å². The Morgan fingerprint density at radius 3 is 2.75 bits per heavy atom. The molecule has 1 N–H and O–H groups in total. The number of nitrogens with one attached hydrogen (secondary N) is 1. The maximum atomic E-state index is 13.4.